The maximum absolute atomic E-state index is 13.0. The van der Waals surface area contributed by atoms with Crippen molar-refractivity contribution < 1.29 is 14.3 Å². The summed E-state index contributed by atoms with van der Waals surface area (Å²) in [4.78, 5) is 29.8. The Kier molecular flexibility index (Phi) is 5.63. The monoisotopic (exact) mass is 461 g/mol. The highest BCUT2D eigenvalue weighted by atomic mass is 32.2. The van der Waals surface area contributed by atoms with Gasteiger partial charge in [0.25, 0.3) is 0 Å². The van der Waals surface area contributed by atoms with Gasteiger partial charge in [-0.05, 0) is 31.0 Å². The molecule has 0 radical (unpaired) electrons. The van der Waals surface area contributed by atoms with Crippen molar-refractivity contribution in [2.45, 2.75) is 24.0 Å². The number of nitrogens with zero attached hydrogens (tertiary/aromatic N) is 4. The highest BCUT2D eigenvalue weighted by molar-refractivity contribution is 7.99. The van der Waals surface area contributed by atoms with Crippen molar-refractivity contribution in [3.05, 3.63) is 60.3 Å². The first-order valence-corrected chi connectivity index (χ1v) is 11.6. The number of amides is 1. The first kappa shape index (κ1) is 21.3. The Balaban J connectivity index is 1.38. The Labute approximate surface area is 194 Å². The average Bonchev–Trinajstić information content (AvgIpc) is 3.47. The van der Waals surface area contributed by atoms with Gasteiger partial charge < -0.3 is 14.6 Å². The predicted octanol–water partition coefficient (Wildman–Crippen LogP) is 4.30. The minimum atomic E-state index is -0.477. The van der Waals surface area contributed by atoms with Gasteiger partial charge in [0.15, 0.2) is 11.0 Å². The Hall–Kier alpha value is -3.59. The number of benzene rings is 2. The van der Waals surface area contributed by atoms with E-state index >= 15 is 0 Å². The van der Waals surface area contributed by atoms with Crippen molar-refractivity contribution in [1.29, 1.82) is 0 Å². The molecule has 0 saturated heterocycles. The standard InChI is InChI=1S/C24H23N5O3S/c1-28(20-10-6-4-8-17(20)23(31)32-2)21(30)14-33-24-27-26-22(29(24)15-11-12-15)18-13-25-19-9-5-3-7-16(18)19/h3-10,13,15,25H,11-12,14H2,1-2H3. The molecule has 1 saturated carbocycles. The SMILES string of the molecule is COC(=O)c1ccccc1N(C)C(=O)CSc1nnc(-c2c[nH]c3ccccc23)n1C1CC1. The quantitative estimate of drug-likeness (QED) is 0.326. The second-order valence-corrected chi connectivity index (χ2v) is 8.85. The lowest BCUT2D eigenvalue weighted by Gasteiger charge is -2.19. The minimum Gasteiger partial charge on any atom is -0.465 e. The molecular weight excluding hydrogens is 438 g/mol. The van der Waals surface area contributed by atoms with Gasteiger partial charge in [0.2, 0.25) is 5.91 Å². The number of anilines is 1. The fraction of sp³-hybridized carbons (Fsp3) is 0.250. The summed E-state index contributed by atoms with van der Waals surface area (Å²) in [6.07, 6.45) is 4.10. The van der Waals surface area contributed by atoms with Crippen molar-refractivity contribution in [3.63, 3.8) is 0 Å². The van der Waals surface area contributed by atoms with Crippen LogP contribution in [0.15, 0.2) is 59.9 Å². The van der Waals surface area contributed by atoms with E-state index in [1.807, 2.05) is 24.4 Å². The molecular formula is C24H23N5O3S. The van der Waals surface area contributed by atoms with Crippen molar-refractivity contribution in [1.82, 2.24) is 19.7 Å². The van der Waals surface area contributed by atoms with Crippen molar-refractivity contribution in [2.75, 3.05) is 24.8 Å². The topological polar surface area (TPSA) is 93.1 Å². The van der Waals surface area contributed by atoms with E-state index in [9.17, 15) is 9.59 Å². The van der Waals surface area contributed by atoms with E-state index in [0.29, 0.717) is 17.3 Å². The summed E-state index contributed by atoms with van der Waals surface area (Å²) in [7, 11) is 2.99. The van der Waals surface area contributed by atoms with E-state index in [-0.39, 0.29) is 11.7 Å². The zero-order chi connectivity index (χ0) is 22.9. The van der Waals surface area contributed by atoms with Crippen LogP contribution in [-0.4, -0.2) is 51.5 Å². The largest absolute Gasteiger partial charge is 0.465 e. The van der Waals surface area contributed by atoms with E-state index in [0.717, 1.165) is 40.3 Å². The number of aromatic amines is 1. The number of nitrogens with one attached hydrogen (secondary N) is 1. The molecule has 0 aliphatic heterocycles. The van der Waals surface area contributed by atoms with Crippen LogP contribution in [0, 0.1) is 0 Å². The number of H-pyrrole nitrogens is 1. The van der Waals surface area contributed by atoms with Crippen LogP contribution in [0.4, 0.5) is 5.69 Å². The molecule has 1 aliphatic carbocycles. The normalized spacial score (nSPS) is 13.3. The fourth-order valence-electron chi connectivity index (χ4n) is 3.88. The lowest BCUT2D eigenvalue weighted by Crippen LogP contribution is -2.29. The van der Waals surface area contributed by atoms with Gasteiger partial charge in [-0.15, -0.1) is 10.2 Å². The molecule has 33 heavy (non-hydrogen) atoms. The number of ether oxygens (including phenoxy) is 1. The van der Waals surface area contributed by atoms with Gasteiger partial charge in [0, 0.05) is 35.8 Å². The van der Waals surface area contributed by atoms with Crippen LogP contribution in [0.1, 0.15) is 29.2 Å². The summed E-state index contributed by atoms with van der Waals surface area (Å²) in [6.45, 7) is 0. The van der Waals surface area contributed by atoms with Crippen LogP contribution in [0.3, 0.4) is 0 Å². The molecule has 1 amide bonds. The Bertz CT molecular complexity index is 1340. The number of fused-ring (bicyclic) bond motifs is 1. The number of hydrogen-bond donors (Lipinski definition) is 1. The molecule has 9 heteroatoms. The summed E-state index contributed by atoms with van der Waals surface area (Å²) >= 11 is 1.36. The molecule has 0 spiro atoms. The third-order valence-electron chi connectivity index (χ3n) is 5.78. The first-order chi connectivity index (χ1) is 16.1. The zero-order valence-corrected chi connectivity index (χ0v) is 19.1. The zero-order valence-electron chi connectivity index (χ0n) is 18.3. The van der Waals surface area contributed by atoms with Crippen molar-refractivity contribution >= 4 is 40.2 Å². The molecule has 0 bridgehead atoms. The molecule has 1 N–H and O–H groups in total. The van der Waals surface area contributed by atoms with Crippen LogP contribution in [0.25, 0.3) is 22.3 Å². The molecule has 168 valence electrons. The summed E-state index contributed by atoms with van der Waals surface area (Å²) < 4.78 is 7.00. The third-order valence-corrected chi connectivity index (χ3v) is 6.70. The van der Waals surface area contributed by atoms with Gasteiger partial charge in [0.05, 0.1) is 24.1 Å². The van der Waals surface area contributed by atoms with Gasteiger partial charge >= 0.3 is 5.97 Å². The highest BCUT2D eigenvalue weighted by Gasteiger charge is 2.31. The summed E-state index contributed by atoms with van der Waals surface area (Å²) in [5.74, 6) is 0.365. The van der Waals surface area contributed by atoms with Gasteiger partial charge in [0.1, 0.15) is 0 Å². The fourth-order valence-corrected chi connectivity index (χ4v) is 4.80. The molecule has 1 aliphatic rings. The van der Waals surface area contributed by atoms with Crippen molar-refractivity contribution in [3.8, 4) is 11.4 Å². The van der Waals surface area contributed by atoms with Crippen molar-refractivity contribution in [2.24, 2.45) is 0 Å². The maximum atomic E-state index is 13.0. The van der Waals surface area contributed by atoms with E-state index in [1.165, 1.54) is 23.8 Å². The molecule has 5 rings (SSSR count). The number of carbonyl (C=O) groups excluding carboxylic acids is 2. The molecule has 0 atom stereocenters. The molecule has 4 aromatic rings. The molecule has 2 heterocycles. The predicted molar refractivity (Wildman–Crippen MR) is 128 cm³/mol. The van der Waals surface area contributed by atoms with E-state index < -0.39 is 5.97 Å². The second kappa shape index (κ2) is 8.74. The van der Waals surface area contributed by atoms with E-state index in [1.54, 1.807) is 31.3 Å². The number of carbonyl (C=O) groups is 2. The number of aromatic nitrogens is 4. The number of thioether (sulfide) groups is 1. The Morgan fingerprint density at radius 2 is 1.91 bits per heavy atom. The molecule has 8 nitrogen and oxygen atoms in total. The van der Waals surface area contributed by atoms with E-state index in [2.05, 4.69) is 25.8 Å². The summed E-state index contributed by atoms with van der Waals surface area (Å²) in [5, 5.41) is 10.7. The lowest BCUT2D eigenvalue weighted by atomic mass is 10.1. The van der Waals surface area contributed by atoms with Gasteiger partial charge in [-0.3, -0.25) is 9.36 Å². The molecule has 2 aromatic heterocycles. The minimum absolute atomic E-state index is 0.143. The number of methoxy groups -OCH3 is 1. The molecule has 0 unspecified atom stereocenters. The van der Waals surface area contributed by atoms with Crippen LogP contribution >= 0.6 is 11.8 Å². The van der Waals surface area contributed by atoms with Crippen LogP contribution < -0.4 is 4.90 Å². The van der Waals surface area contributed by atoms with Gasteiger partial charge in [-0.25, -0.2) is 4.79 Å². The van der Waals surface area contributed by atoms with Gasteiger partial charge in [-0.1, -0.05) is 42.1 Å². The summed E-state index contributed by atoms with van der Waals surface area (Å²) in [5.41, 5.74) is 2.92. The van der Waals surface area contributed by atoms with Crippen LogP contribution in [-0.2, 0) is 9.53 Å². The lowest BCUT2D eigenvalue weighted by molar-refractivity contribution is -0.115. The van der Waals surface area contributed by atoms with Gasteiger partial charge in [-0.2, -0.15) is 0 Å². The summed E-state index contributed by atoms with van der Waals surface area (Å²) in [6, 6.07) is 15.4. The molecule has 1 fully saturated rings. The highest BCUT2D eigenvalue weighted by Crippen LogP contribution is 2.42. The Morgan fingerprint density at radius 1 is 1.15 bits per heavy atom. The number of hydrogen-bond acceptors (Lipinski definition) is 6. The van der Waals surface area contributed by atoms with Crippen LogP contribution in [0.5, 0.6) is 0 Å². The first-order valence-electron chi connectivity index (χ1n) is 10.7. The number of para-hydroxylation sites is 2. The smallest absolute Gasteiger partial charge is 0.339 e. The number of esters is 1. The molecule has 2 aromatic carbocycles. The Morgan fingerprint density at radius 3 is 2.70 bits per heavy atom. The van der Waals surface area contributed by atoms with Crippen LogP contribution in [0.2, 0.25) is 0 Å². The number of rotatable bonds is 7. The average molecular weight is 462 g/mol. The van der Waals surface area contributed by atoms with E-state index in [4.69, 9.17) is 4.74 Å². The second-order valence-electron chi connectivity index (χ2n) is 7.91. The maximum Gasteiger partial charge on any atom is 0.339 e. The third kappa shape index (κ3) is 4.00.